The number of carbonyl (C=O) groups excluding carboxylic acids is 2. The van der Waals surface area contributed by atoms with Crippen molar-refractivity contribution < 1.29 is 27.8 Å². The zero-order valence-corrected chi connectivity index (χ0v) is 11.3. The van der Waals surface area contributed by atoms with Crippen LogP contribution < -0.4 is 15.6 Å². The topological polar surface area (TPSA) is 72.2 Å². The van der Waals surface area contributed by atoms with Crippen LogP contribution in [-0.4, -0.2) is 29.5 Å². The van der Waals surface area contributed by atoms with Gasteiger partial charge >= 0.3 is 17.7 Å². The summed E-state index contributed by atoms with van der Waals surface area (Å²) < 4.78 is 39.7. The van der Waals surface area contributed by atoms with Crippen LogP contribution in [0.1, 0.15) is 18.1 Å². The fourth-order valence-corrected chi connectivity index (χ4v) is 1.97. The van der Waals surface area contributed by atoms with Gasteiger partial charge in [0.1, 0.15) is 0 Å². The summed E-state index contributed by atoms with van der Waals surface area (Å²) in [6.45, 7) is 2.73. The van der Waals surface area contributed by atoms with E-state index in [0.29, 0.717) is 5.56 Å². The smallest absolute Gasteiger partial charge is 0.298 e. The average molecular weight is 300 g/mol. The van der Waals surface area contributed by atoms with Crippen molar-refractivity contribution in [1.82, 2.24) is 10.6 Å². The molecule has 2 rings (SSSR count). The highest BCUT2D eigenvalue weighted by atomic mass is 19.4. The van der Waals surface area contributed by atoms with Gasteiger partial charge in [-0.3, -0.25) is 10.1 Å². The second-order valence-electron chi connectivity index (χ2n) is 4.75. The number of hydrogen-bond acceptors (Lipinski definition) is 2. The van der Waals surface area contributed by atoms with Gasteiger partial charge in [0.25, 0.3) is 5.84 Å². The Bertz CT molecular complexity index is 623. The number of rotatable bonds is 2. The van der Waals surface area contributed by atoms with Crippen LogP contribution in [0.2, 0.25) is 0 Å². The molecule has 8 heteroatoms. The fourth-order valence-electron chi connectivity index (χ4n) is 1.97. The van der Waals surface area contributed by atoms with Gasteiger partial charge in [-0.2, -0.15) is 13.2 Å². The lowest BCUT2D eigenvalue weighted by atomic mass is 10.1. The number of aryl methyl sites for hydroxylation is 1. The molecule has 5 nitrogen and oxygen atoms in total. The van der Waals surface area contributed by atoms with Gasteiger partial charge in [0.2, 0.25) is 5.91 Å². The lowest BCUT2D eigenvalue weighted by molar-refractivity contribution is -0.581. The van der Waals surface area contributed by atoms with Gasteiger partial charge in [-0.05, 0) is 19.1 Å². The zero-order chi connectivity index (χ0) is 15.8. The van der Waals surface area contributed by atoms with Crippen LogP contribution in [0, 0.1) is 6.92 Å². The summed E-state index contributed by atoms with van der Waals surface area (Å²) in [6.07, 6.45) is -4.99. The molecule has 0 fully saturated rings. The molecule has 0 aliphatic carbocycles. The van der Waals surface area contributed by atoms with Crippen molar-refractivity contribution in [3.8, 4) is 0 Å². The molecule has 1 aromatic carbocycles. The highest BCUT2D eigenvalue weighted by Crippen LogP contribution is 2.26. The Hall–Kier alpha value is -2.38. The van der Waals surface area contributed by atoms with Crippen LogP contribution in [0.4, 0.5) is 13.2 Å². The van der Waals surface area contributed by atoms with Crippen molar-refractivity contribution in [2.75, 3.05) is 0 Å². The molecule has 3 N–H and O–H groups in total. The van der Waals surface area contributed by atoms with Gasteiger partial charge < -0.3 is 0 Å². The second kappa shape index (κ2) is 4.87. The maximum Gasteiger partial charge on any atom is 0.465 e. The Morgan fingerprint density at radius 1 is 1.29 bits per heavy atom. The Kier molecular flexibility index (Phi) is 3.48. The first-order chi connectivity index (χ1) is 9.65. The van der Waals surface area contributed by atoms with Gasteiger partial charge in [-0.1, -0.05) is 17.7 Å². The van der Waals surface area contributed by atoms with E-state index in [1.807, 2.05) is 6.92 Å². The molecule has 112 valence electrons. The number of carbonyl (C=O) groups is 2. The van der Waals surface area contributed by atoms with E-state index in [-0.39, 0.29) is 5.84 Å². The first-order valence-corrected chi connectivity index (χ1v) is 6.05. The molecule has 1 aromatic rings. The molecule has 0 spiro atoms. The van der Waals surface area contributed by atoms with E-state index in [9.17, 15) is 22.8 Å². The molecular formula is C13H13F3N3O2+. The summed E-state index contributed by atoms with van der Waals surface area (Å²) >= 11 is 0. The number of halogens is 3. The highest BCUT2D eigenvalue weighted by molar-refractivity contribution is 6.11. The van der Waals surface area contributed by atoms with Crippen LogP contribution in [0.15, 0.2) is 24.3 Å². The van der Waals surface area contributed by atoms with Crippen molar-refractivity contribution in [3.05, 3.63) is 35.4 Å². The molecule has 0 bridgehead atoms. The summed E-state index contributed by atoms with van der Waals surface area (Å²) in [5.74, 6) is -2.45. The third-order valence-electron chi connectivity index (χ3n) is 3.02. The van der Waals surface area contributed by atoms with Crippen LogP contribution in [0.3, 0.4) is 0 Å². The second-order valence-corrected chi connectivity index (χ2v) is 4.75. The Balaban J connectivity index is 2.49. The van der Waals surface area contributed by atoms with Gasteiger partial charge in [0.05, 0.1) is 5.56 Å². The van der Waals surface area contributed by atoms with Crippen LogP contribution in [0.25, 0.3) is 0 Å². The molecule has 0 radical (unpaired) electrons. The number of benzene rings is 1. The molecule has 0 aromatic heterocycles. The van der Waals surface area contributed by atoms with Gasteiger partial charge in [-0.25, -0.2) is 15.1 Å². The molecule has 1 aliphatic heterocycles. The average Bonchev–Trinajstić information content (AvgIpc) is 2.67. The summed E-state index contributed by atoms with van der Waals surface area (Å²) in [7, 11) is 0. The van der Waals surface area contributed by atoms with E-state index >= 15 is 0 Å². The van der Waals surface area contributed by atoms with E-state index in [0.717, 1.165) is 12.5 Å². The maximum absolute atomic E-state index is 13.2. The Morgan fingerprint density at radius 2 is 1.86 bits per heavy atom. The molecule has 0 saturated heterocycles. The van der Waals surface area contributed by atoms with Crippen molar-refractivity contribution >= 4 is 17.6 Å². The van der Waals surface area contributed by atoms with Crippen molar-refractivity contribution in [2.45, 2.75) is 25.7 Å². The third kappa shape index (κ3) is 2.61. The molecule has 1 heterocycles. The summed E-state index contributed by atoms with van der Waals surface area (Å²) in [6, 6.07) is 6.53. The van der Waals surface area contributed by atoms with Crippen LogP contribution in [0.5, 0.6) is 0 Å². The number of amides is 2. The number of nitrogens with one attached hydrogen (secondary N) is 3. The highest BCUT2D eigenvalue weighted by Gasteiger charge is 2.69. The molecule has 21 heavy (non-hydrogen) atoms. The molecule has 0 saturated carbocycles. The summed E-state index contributed by atoms with van der Waals surface area (Å²) in [4.78, 5) is 24.9. The molecule has 0 unspecified atom stereocenters. The summed E-state index contributed by atoms with van der Waals surface area (Å²) in [5, 5.41) is 3.77. The minimum atomic E-state index is -4.99. The third-order valence-corrected chi connectivity index (χ3v) is 3.02. The van der Waals surface area contributed by atoms with E-state index in [1.165, 1.54) is 0 Å². The standard InChI is InChI=1S/C13H12F3N3O2/c1-7-3-5-9(6-4-7)10-17-11(21)12(19-10,13(14,15)16)18-8(2)20/h3-6H,1-2H3,(H,18,20)(H,17,19,21)/p+1/t12-/m0/s1. The fraction of sp³-hybridized carbons (Fsp3) is 0.308. The Labute approximate surface area is 118 Å². The monoisotopic (exact) mass is 300 g/mol. The van der Waals surface area contributed by atoms with E-state index in [4.69, 9.17) is 0 Å². The zero-order valence-electron chi connectivity index (χ0n) is 11.3. The number of alkyl halides is 3. The first kappa shape index (κ1) is 15.0. The van der Waals surface area contributed by atoms with E-state index < -0.39 is 23.7 Å². The number of hydrogen-bond donors (Lipinski definition) is 3. The maximum atomic E-state index is 13.2. The Morgan fingerprint density at radius 3 is 2.33 bits per heavy atom. The summed E-state index contributed by atoms with van der Waals surface area (Å²) in [5.41, 5.74) is -1.85. The van der Waals surface area contributed by atoms with Gasteiger partial charge in [0.15, 0.2) is 0 Å². The molecule has 1 aliphatic rings. The molecule has 1 atom stereocenters. The minimum Gasteiger partial charge on any atom is -0.298 e. The molecule has 2 amide bonds. The van der Waals surface area contributed by atoms with E-state index in [1.54, 1.807) is 29.6 Å². The van der Waals surface area contributed by atoms with Gasteiger partial charge in [-0.15, -0.1) is 0 Å². The lowest BCUT2D eigenvalue weighted by Crippen LogP contribution is -2.96. The normalized spacial score (nSPS) is 21.8. The van der Waals surface area contributed by atoms with Crippen molar-refractivity contribution in [1.29, 1.82) is 0 Å². The predicted molar refractivity (Wildman–Crippen MR) is 67.0 cm³/mol. The van der Waals surface area contributed by atoms with Crippen molar-refractivity contribution in [3.63, 3.8) is 0 Å². The van der Waals surface area contributed by atoms with Crippen LogP contribution in [-0.2, 0) is 9.59 Å². The van der Waals surface area contributed by atoms with E-state index in [2.05, 4.69) is 10.3 Å². The lowest BCUT2D eigenvalue weighted by Gasteiger charge is -2.22. The van der Waals surface area contributed by atoms with Gasteiger partial charge in [0, 0.05) is 6.92 Å². The van der Waals surface area contributed by atoms with Crippen LogP contribution >= 0.6 is 0 Å². The SMILES string of the molecule is CC(=O)N[C@]1(C(F)(F)F)[NH+]=C(c2ccc(C)cc2)NC1=O. The quantitative estimate of drug-likeness (QED) is 0.679. The number of amidine groups is 1. The van der Waals surface area contributed by atoms with Crippen molar-refractivity contribution in [2.24, 2.45) is 0 Å². The predicted octanol–water partition coefficient (Wildman–Crippen LogP) is -0.653. The minimum absolute atomic E-state index is 0.105. The molecular weight excluding hydrogens is 287 g/mol. The largest absolute Gasteiger partial charge is 0.465 e. The first-order valence-electron chi connectivity index (χ1n) is 6.05.